The van der Waals surface area contributed by atoms with Crippen LogP contribution in [0.4, 0.5) is 13.2 Å². The van der Waals surface area contributed by atoms with Gasteiger partial charge < -0.3 is 19.1 Å². The number of hydrogen-bond acceptors (Lipinski definition) is 8. The highest BCUT2D eigenvalue weighted by Crippen LogP contribution is 2.28. The third kappa shape index (κ3) is 6.11. The second-order valence-corrected chi connectivity index (χ2v) is 10.2. The standard InChI is InChI=1S/C29H27F3N6O4/c30-29(31,32)25-4-1-18(14-34-25)17-42-28-33-9-5-22(36-28)19-6-10-37(11-7-19)16-26-35-23-3-2-20(27(39)40)13-24(23)38(26)15-21-8-12-41-21/h1-6,9,13-14,21H,7-8,10-12,15-17H2,(H,39,40). The monoisotopic (exact) mass is 580 g/mol. The second-order valence-electron chi connectivity index (χ2n) is 10.2. The number of fused-ring (bicyclic) bond motifs is 1. The van der Waals surface area contributed by atoms with Gasteiger partial charge in [0.25, 0.3) is 0 Å². The minimum atomic E-state index is -4.49. The van der Waals surface area contributed by atoms with Crippen molar-refractivity contribution in [2.75, 3.05) is 19.7 Å². The van der Waals surface area contributed by atoms with Crippen LogP contribution in [-0.2, 0) is 30.6 Å². The third-order valence-corrected chi connectivity index (χ3v) is 7.36. The largest absolute Gasteiger partial charge is 0.478 e. The van der Waals surface area contributed by atoms with Crippen molar-refractivity contribution in [1.82, 2.24) is 29.4 Å². The third-order valence-electron chi connectivity index (χ3n) is 7.36. The van der Waals surface area contributed by atoms with Crippen molar-refractivity contribution >= 4 is 22.6 Å². The SMILES string of the molecule is O=C(O)c1ccc2nc(CN3CC=C(c4ccnc(OCc5ccc(C(F)(F)F)nc5)n4)CC3)n(CC3CCO3)c2c1. The van der Waals surface area contributed by atoms with Gasteiger partial charge in [-0.25, -0.2) is 14.8 Å². The highest BCUT2D eigenvalue weighted by Gasteiger charge is 2.32. The quantitative estimate of drug-likeness (QED) is 0.303. The van der Waals surface area contributed by atoms with E-state index in [9.17, 15) is 23.1 Å². The molecule has 1 N–H and O–H groups in total. The summed E-state index contributed by atoms with van der Waals surface area (Å²) in [4.78, 5) is 30.7. The molecule has 2 aliphatic rings. The number of rotatable bonds is 9. The van der Waals surface area contributed by atoms with Crippen LogP contribution in [0.3, 0.4) is 0 Å². The van der Waals surface area contributed by atoms with Gasteiger partial charge in [0.2, 0.25) is 0 Å². The van der Waals surface area contributed by atoms with Gasteiger partial charge in [0.15, 0.2) is 0 Å². The lowest BCUT2D eigenvalue weighted by Crippen LogP contribution is -2.33. The molecule has 1 atom stereocenters. The molecule has 0 saturated carbocycles. The smallest absolute Gasteiger partial charge is 0.433 e. The Morgan fingerprint density at radius 1 is 1.14 bits per heavy atom. The van der Waals surface area contributed by atoms with Gasteiger partial charge in [0, 0.05) is 37.7 Å². The van der Waals surface area contributed by atoms with Crippen molar-refractivity contribution in [3.05, 3.63) is 83.2 Å². The zero-order valence-corrected chi connectivity index (χ0v) is 22.4. The number of alkyl halides is 3. The summed E-state index contributed by atoms with van der Waals surface area (Å²) in [7, 11) is 0. The predicted octanol–water partition coefficient (Wildman–Crippen LogP) is 4.60. The van der Waals surface area contributed by atoms with Gasteiger partial charge in [-0.3, -0.25) is 9.88 Å². The Morgan fingerprint density at radius 3 is 2.67 bits per heavy atom. The number of carbonyl (C=O) groups is 1. The molecule has 1 fully saturated rings. The molecule has 4 aromatic rings. The number of pyridine rings is 1. The summed E-state index contributed by atoms with van der Waals surface area (Å²) >= 11 is 0. The summed E-state index contributed by atoms with van der Waals surface area (Å²) in [5, 5.41) is 9.47. The summed E-state index contributed by atoms with van der Waals surface area (Å²) in [6.45, 7) is 3.35. The van der Waals surface area contributed by atoms with Crippen LogP contribution in [-0.4, -0.2) is 66.3 Å². The Labute approximate surface area is 238 Å². The van der Waals surface area contributed by atoms with Crippen molar-refractivity contribution in [3.63, 3.8) is 0 Å². The van der Waals surface area contributed by atoms with E-state index in [2.05, 4.69) is 30.5 Å². The molecule has 1 saturated heterocycles. The first kappa shape index (κ1) is 27.8. The number of hydrogen-bond donors (Lipinski definition) is 1. The molecule has 1 aromatic carbocycles. The van der Waals surface area contributed by atoms with Gasteiger partial charge in [-0.2, -0.15) is 18.2 Å². The molecule has 0 spiro atoms. The molecular formula is C29H27F3N6O4. The van der Waals surface area contributed by atoms with E-state index in [-0.39, 0.29) is 24.3 Å². The molecule has 0 bridgehead atoms. The Hall–Kier alpha value is -4.36. The zero-order chi connectivity index (χ0) is 29.3. The number of carboxylic acids is 1. The van der Waals surface area contributed by atoms with Gasteiger partial charge in [0.05, 0.1) is 41.5 Å². The Kier molecular flexibility index (Phi) is 7.60. The number of aromatic carboxylic acids is 1. The van der Waals surface area contributed by atoms with Crippen molar-refractivity contribution < 1.29 is 32.5 Å². The van der Waals surface area contributed by atoms with Gasteiger partial charge in [-0.05, 0) is 48.7 Å². The van der Waals surface area contributed by atoms with Gasteiger partial charge in [0.1, 0.15) is 18.1 Å². The zero-order valence-electron chi connectivity index (χ0n) is 22.4. The lowest BCUT2D eigenvalue weighted by Gasteiger charge is -2.29. The molecule has 0 amide bonds. The van der Waals surface area contributed by atoms with Gasteiger partial charge in [-0.1, -0.05) is 12.1 Å². The summed E-state index contributed by atoms with van der Waals surface area (Å²) in [5.74, 6) is -0.120. The van der Waals surface area contributed by atoms with E-state index in [0.717, 1.165) is 66.4 Å². The Bertz CT molecular complexity index is 1630. The maximum atomic E-state index is 12.7. The number of carboxylic acid groups (broad SMARTS) is 1. The molecule has 0 aliphatic carbocycles. The molecule has 13 heteroatoms. The van der Waals surface area contributed by atoms with Crippen LogP contribution in [0.15, 0.2) is 54.9 Å². The number of imidazole rings is 1. The molecular weight excluding hydrogens is 553 g/mol. The first-order valence-corrected chi connectivity index (χ1v) is 13.5. The minimum Gasteiger partial charge on any atom is -0.478 e. The van der Waals surface area contributed by atoms with Crippen molar-refractivity contribution in [2.24, 2.45) is 0 Å². The van der Waals surface area contributed by atoms with Crippen LogP contribution in [0.1, 0.15) is 46.0 Å². The molecule has 5 heterocycles. The van der Waals surface area contributed by atoms with Crippen LogP contribution < -0.4 is 4.74 Å². The fraction of sp³-hybridized carbons (Fsp3) is 0.345. The molecule has 6 rings (SSSR count). The van der Waals surface area contributed by atoms with Crippen LogP contribution in [0.2, 0.25) is 0 Å². The highest BCUT2D eigenvalue weighted by molar-refractivity contribution is 5.92. The number of nitrogens with zero attached hydrogens (tertiary/aromatic N) is 6. The topological polar surface area (TPSA) is 115 Å². The van der Waals surface area contributed by atoms with E-state index < -0.39 is 17.8 Å². The molecule has 3 aromatic heterocycles. The summed E-state index contributed by atoms with van der Waals surface area (Å²) in [6.07, 6.45) is 2.10. The maximum Gasteiger partial charge on any atom is 0.433 e. The van der Waals surface area contributed by atoms with Crippen molar-refractivity contribution in [1.29, 1.82) is 0 Å². The molecule has 0 radical (unpaired) electrons. The van der Waals surface area contributed by atoms with Gasteiger partial charge in [-0.15, -0.1) is 0 Å². The van der Waals surface area contributed by atoms with Crippen LogP contribution in [0, 0.1) is 0 Å². The highest BCUT2D eigenvalue weighted by atomic mass is 19.4. The summed E-state index contributed by atoms with van der Waals surface area (Å²) in [6, 6.07) is 9.15. The van der Waals surface area contributed by atoms with Crippen molar-refractivity contribution in [3.8, 4) is 6.01 Å². The molecule has 10 nitrogen and oxygen atoms in total. The first-order valence-electron chi connectivity index (χ1n) is 13.5. The van der Waals surface area contributed by atoms with Gasteiger partial charge >= 0.3 is 18.2 Å². The number of aromatic nitrogens is 5. The van der Waals surface area contributed by atoms with E-state index in [1.54, 1.807) is 30.5 Å². The normalized spacial score (nSPS) is 17.6. The lowest BCUT2D eigenvalue weighted by atomic mass is 10.0. The minimum absolute atomic E-state index is 0.0116. The lowest BCUT2D eigenvalue weighted by molar-refractivity contribution is -0.141. The van der Waals surface area contributed by atoms with E-state index in [1.165, 1.54) is 6.07 Å². The average molecular weight is 581 g/mol. The van der Waals surface area contributed by atoms with E-state index in [1.807, 2.05) is 0 Å². The fourth-order valence-electron chi connectivity index (χ4n) is 4.96. The van der Waals surface area contributed by atoms with E-state index in [0.29, 0.717) is 25.2 Å². The number of benzene rings is 1. The van der Waals surface area contributed by atoms with E-state index in [4.69, 9.17) is 14.5 Å². The Balaban J connectivity index is 1.12. The first-order chi connectivity index (χ1) is 20.2. The average Bonchev–Trinajstić information content (AvgIpc) is 3.30. The number of halogens is 3. The molecule has 218 valence electrons. The maximum absolute atomic E-state index is 12.7. The van der Waals surface area contributed by atoms with Crippen molar-refractivity contribution in [2.45, 2.75) is 44.8 Å². The summed E-state index contributed by atoms with van der Waals surface area (Å²) in [5.41, 5.74) is 3.04. The van der Waals surface area contributed by atoms with Crippen LogP contribution in [0.5, 0.6) is 6.01 Å². The molecule has 42 heavy (non-hydrogen) atoms. The van der Waals surface area contributed by atoms with Crippen LogP contribution >= 0.6 is 0 Å². The Morgan fingerprint density at radius 2 is 2.00 bits per heavy atom. The van der Waals surface area contributed by atoms with Crippen LogP contribution in [0.25, 0.3) is 16.6 Å². The number of ether oxygens (including phenoxy) is 2. The molecule has 2 aliphatic heterocycles. The summed E-state index contributed by atoms with van der Waals surface area (Å²) < 4.78 is 51.6. The second kappa shape index (κ2) is 11.5. The molecule has 1 unspecified atom stereocenters. The van der Waals surface area contributed by atoms with E-state index >= 15 is 0 Å². The fourth-order valence-corrected chi connectivity index (χ4v) is 4.96. The predicted molar refractivity (Wildman–Crippen MR) is 145 cm³/mol.